The Labute approximate surface area is 117 Å². The van der Waals surface area contributed by atoms with Gasteiger partial charge in [-0.3, -0.25) is 0 Å². The van der Waals surface area contributed by atoms with Crippen molar-refractivity contribution in [1.82, 2.24) is 0 Å². The molecule has 0 radical (unpaired) electrons. The smallest absolute Gasteiger partial charge is 0.120 e. The summed E-state index contributed by atoms with van der Waals surface area (Å²) in [6.07, 6.45) is 3.13. The van der Waals surface area contributed by atoms with Crippen LogP contribution in [0.25, 0.3) is 0 Å². The Balaban J connectivity index is 0.000000873. The van der Waals surface area contributed by atoms with Gasteiger partial charge in [0, 0.05) is 16.0 Å². The van der Waals surface area contributed by atoms with E-state index >= 15 is 0 Å². The number of nitrogen functional groups attached to an aromatic ring is 1. The molecule has 1 rings (SSSR count). The predicted molar refractivity (Wildman–Crippen MR) is 83.5 cm³/mol. The van der Waals surface area contributed by atoms with Crippen LogP contribution in [0, 0.1) is 5.41 Å². The molecule has 0 aliphatic carbocycles. The van der Waals surface area contributed by atoms with Crippen LogP contribution in [0.1, 0.15) is 34.1 Å². The van der Waals surface area contributed by atoms with E-state index in [-0.39, 0.29) is 5.41 Å². The van der Waals surface area contributed by atoms with E-state index in [1.165, 1.54) is 6.42 Å². The molecule has 3 heteroatoms. The molecule has 1 aromatic carbocycles. The largest absolute Gasteiger partial charge is 0.493 e. The molecule has 0 atom stereocenters. The summed E-state index contributed by atoms with van der Waals surface area (Å²) in [5.41, 5.74) is 6.28. The molecule has 0 saturated heterocycles. The van der Waals surface area contributed by atoms with E-state index in [1.807, 2.05) is 18.2 Å². The lowest BCUT2D eigenvalue weighted by atomic mass is 9.95. The van der Waals surface area contributed by atoms with Gasteiger partial charge in [-0.1, -0.05) is 40.2 Å². The minimum Gasteiger partial charge on any atom is -0.493 e. The number of ether oxygens (including phenoxy) is 1. The number of hydrogen-bond donors (Lipinski definition) is 2. The van der Waals surface area contributed by atoms with Crippen LogP contribution in [0.2, 0.25) is 0 Å². The van der Waals surface area contributed by atoms with Crippen LogP contribution in [0.3, 0.4) is 0 Å². The Hall–Kier alpha value is -1.09. The van der Waals surface area contributed by atoms with Crippen LogP contribution in [0.4, 0.5) is 5.69 Å². The molecule has 0 aliphatic rings. The fraction of sp³-hybridized carbons (Fsp3) is 0.467. The molecule has 102 valence electrons. The lowest BCUT2D eigenvalue weighted by Gasteiger charge is -2.20. The second-order valence-electron chi connectivity index (χ2n) is 4.91. The van der Waals surface area contributed by atoms with E-state index < -0.39 is 0 Å². The first-order valence-electron chi connectivity index (χ1n) is 6.21. The maximum absolute atomic E-state index is 5.65. The molecule has 0 fully saturated rings. The van der Waals surface area contributed by atoms with Crippen LogP contribution >= 0.6 is 12.6 Å². The standard InChI is InChI=1S/C12H17NOS.C3H8/c1-4-12(2,3)8-14-9-5-6-10(13)11(15)7-9;1-3-2/h4-7,15H,1,8,13H2,2-3H3;3H2,1-2H3. The van der Waals surface area contributed by atoms with Crippen molar-refractivity contribution < 1.29 is 4.74 Å². The molecule has 0 saturated carbocycles. The minimum atomic E-state index is -0.0296. The second-order valence-corrected chi connectivity index (χ2v) is 5.39. The monoisotopic (exact) mass is 267 g/mol. The number of benzene rings is 1. The van der Waals surface area contributed by atoms with Gasteiger partial charge >= 0.3 is 0 Å². The molecule has 1 aromatic rings. The van der Waals surface area contributed by atoms with Crippen molar-refractivity contribution in [3.05, 3.63) is 30.9 Å². The van der Waals surface area contributed by atoms with Crippen molar-refractivity contribution in [1.29, 1.82) is 0 Å². The van der Waals surface area contributed by atoms with Crippen molar-refractivity contribution in [3.63, 3.8) is 0 Å². The number of nitrogens with two attached hydrogens (primary N) is 1. The molecular formula is C15H25NOS. The molecule has 0 unspecified atom stereocenters. The van der Waals surface area contributed by atoms with Crippen molar-refractivity contribution in [3.8, 4) is 5.75 Å². The van der Waals surface area contributed by atoms with Crippen LogP contribution in [0.5, 0.6) is 5.75 Å². The van der Waals surface area contributed by atoms with Gasteiger partial charge in [-0.15, -0.1) is 19.2 Å². The van der Waals surface area contributed by atoms with Gasteiger partial charge in [-0.25, -0.2) is 0 Å². The number of rotatable bonds is 4. The summed E-state index contributed by atoms with van der Waals surface area (Å²) >= 11 is 4.23. The third-order valence-electron chi connectivity index (χ3n) is 2.17. The van der Waals surface area contributed by atoms with E-state index in [4.69, 9.17) is 10.5 Å². The number of anilines is 1. The zero-order chi connectivity index (χ0) is 14.2. The topological polar surface area (TPSA) is 35.2 Å². The van der Waals surface area contributed by atoms with Crippen molar-refractivity contribution in [2.24, 2.45) is 5.41 Å². The Morgan fingerprint density at radius 2 is 1.94 bits per heavy atom. The van der Waals surface area contributed by atoms with Gasteiger partial charge in [-0.2, -0.15) is 0 Å². The highest BCUT2D eigenvalue weighted by atomic mass is 32.1. The molecule has 18 heavy (non-hydrogen) atoms. The highest BCUT2D eigenvalue weighted by Gasteiger charge is 2.13. The summed E-state index contributed by atoms with van der Waals surface area (Å²) in [4.78, 5) is 0.740. The molecule has 0 aliphatic heterocycles. The van der Waals surface area contributed by atoms with Gasteiger partial charge in [-0.05, 0) is 18.2 Å². The molecular weight excluding hydrogens is 242 g/mol. The normalized spacial score (nSPS) is 10.3. The first-order valence-corrected chi connectivity index (χ1v) is 6.66. The van der Waals surface area contributed by atoms with Crippen molar-refractivity contribution >= 4 is 18.3 Å². The fourth-order valence-electron chi connectivity index (χ4n) is 0.942. The summed E-state index contributed by atoms with van der Waals surface area (Å²) in [5, 5.41) is 0. The highest BCUT2D eigenvalue weighted by molar-refractivity contribution is 7.80. The molecule has 0 bridgehead atoms. The second kappa shape index (κ2) is 8.09. The van der Waals surface area contributed by atoms with Gasteiger partial charge in [0.15, 0.2) is 0 Å². The first kappa shape index (κ1) is 16.9. The zero-order valence-electron chi connectivity index (χ0n) is 11.9. The lowest BCUT2D eigenvalue weighted by molar-refractivity contribution is 0.221. The van der Waals surface area contributed by atoms with Crippen LogP contribution in [0.15, 0.2) is 35.7 Å². The van der Waals surface area contributed by atoms with Gasteiger partial charge in [0.2, 0.25) is 0 Å². The first-order chi connectivity index (χ1) is 8.36. The van der Waals surface area contributed by atoms with E-state index in [2.05, 4.69) is 46.9 Å². The third-order valence-corrected chi connectivity index (χ3v) is 2.55. The SMILES string of the molecule is C=CC(C)(C)COc1ccc(N)c(S)c1.CCC. The zero-order valence-corrected chi connectivity index (χ0v) is 12.8. The van der Waals surface area contributed by atoms with Crippen molar-refractivity contribution in [2.75, 3.05) is 12.3 Å². The molecule has 2 N–H and O–H groups in total. The Morgan fingerprint density at radius 1 is 1.39 bits per heavy atom. The summed E-state index contributed by atoms with van der Waals surface area (Å²) in [5.74, 6) is 0.782. The van der Waals surface area contributed by atoms with E-state index in [0.29, 0.717) is 12.3 Å². The maximum Gasteiger partial charge on any atom is 0.120 e. The Morgan fingerprint density at radius 3 is 2.39 bits per heavy atom. The minimum absolute atomic E-state index is 0.0296. The van der Waals surface area contributed by atoms with Crippen molar-refractivity contribution in [2.45, 2.75) is 39.0 Å². The predicted octanol–water partition coefficient (Wildman–Crippen LogP) is 4.56. The molecule has 0 heterocycles. The maximum atomic E-state index is 5.65. The average Bonchev–Trinajstić information content (AvgIpc) is 2.32. The summed E-state index contributed by atoms with van der Waals surface area (Å²) < 4.78 is 5.62. The van der Waals surface area contributed by atoms with Gasteiger partial charge in [0.05, 0.1) is 6.61 Å². The highest BCUT2D eigenvalue weighted by Crippen LogP contribution is 2.24. The summed E-state index contributed by atoms with van der Waals surface area (Å²) in [7, 11) is 0. The Bertz CT molecular complexity index is 375. The third kappa shape index (κ3) is 6.60. The Kier molecular flexibility index (Phi) is 7.60. The average molecular weight is 267 g/mol. The summed E-state index contributed by atoms with van der Waals surface area (Å²) in [6, 6.07) is 5.45. The summed E-state index contributed by atoms with van der Waals surface area (Å²) in [6.45, 7) is 12.7. The van der Waals surface area contributed by atoms with Gasteiger partial charge in [0.25, 0.3) is 0 Å². The number of hydrogen-bond acceptors (Lipinski definition) is 3. The molecule has 0 spiro atoms. The van der Waals surface area contributed by atoms with Crippen LogP contribution in [-0.2, 0) is 0 Å². The van der Waals surface area contributed by atoms with E-state index in [0.717, 1.165) is 10.6 Å². The van der Waals surface area contributed by atoms with Gasteiger partial charge in [0.1, 0.15) is 5.75 Å². The lowest BCUT2D eigenvalue weighted by Crippen LogP contribution is -2.18. The van der Waals surface area contributed by atoms with E-state index in [1.54, 1.807) is 6.07 Å². The van der Waals surface area contributed by atoms with Gasteiger partial charge < -0.3 is 10.5 Å². The number of thiol groups is 1. The quantitative estimate of drug-likeness (QED) is 0.476. The fourth-order valence-corrected chi connectivity index (χ4v) is 1.14. The molecule has 0 amide bonds. The van der Waals surface area contributed by atoms with Crippen LogP contribution in [-0.4, -0.2) is 6.61 Å². The molecule has 0 aromatic heterocycles. The van der Waals surface area contributed by atoms with E-state index in [9.17, 15) is 0 Å². The molecule has 2 nitrogen and oxygen atoms in total. The van der Waals surface area contributed by atoms with Crippen LogP contribution < -0.4 is 10.5 Å².